The Morgan fingerprint density at radius 2 is 2.08 bits per heavy atom. The molecule has 1 aliphatic heterocycles. The van der Waals surface area contributed by atoms with Crippen molar-refractivity contribution in [1.82, 2.24) is 14.8 Å². The maximum atomic E-state index is 13.2. The summed E-state index contributed by atoms with van der Waals surface area (Å²) >= 11 is 0. The van der Waals surface area contributed by atoms with Crippen molar-refractivity contribution in [3.05, 3.63) is 29.8 Å². The molecule has 0 saturated carbocycles. The summed E-state index contributed by atoms with van der Waals surface area (Å²) in [6.07, 6.45) is 4.11. The summed E-state index contributed by atoms with van der Waals surface area (Å²) in [6.45, 7) is 1.85. The van der Waals surface area contributed by atoms with Gasteiger partial charge in [0.05, 0.1) is 11.8 Å². The number of pyridine rings is 1. The van der Waals surface area contributed by atoms with Gasteiger partial charge in [-0.2, -0.15) is 0 Å². The van der Waals surface area contributed by atoms with Crippen molar-refractivity contribution >= 4 is 17.8 Å². The smallest absolute Gasteiger partial charge is 0.323 e. The number of carbonyl (C=O) groups is 3. The molecule has 2 rings (SSSR count). The van der Waals surface area contributed by atoms with E-state index in [1.54, 1.807) is 4.90 Å². The standard InChI is InChI=1S/C16H20FN3O4/c1-11(21)20(10-15(22)23)14-3-2-5-19(6-4-14)16(24)12-7-13(17)9-18-8-12/h7-9,14H,2-6,10H2,1H3,(H,22,23)/t14-/m1/s1. The zero-order chi connectivity index (χ0) is 17.7. The van der Waals surface area contributed by atoms with Crippen molar-refractivity contribution in [3.8, 4) is 0 Å². The molecule has 0 unspecified atom stereocenters. The number of amides is 2. The van der Waals surface area contributed by atoms with Crippen molar-refractivity contribution in [2.24, 2.45) is 0 Å². The third-order valence-corrected chi connectivity index (χ3v) is 4.09. The van der Waals surface area contributed by atoms with Crippen LogP contribution in [0.2, 0.25) is 0 Å². The highest BCUT2D eigenvalue weighted by Gasteiger charge is 2.28. The molecule has 24 heavy (non-hydrogen) atoms. The highest BCUT2D eigenvalue weighted by Crippen LogP contribution is 2.19. The van der Waals surface area contributed by atoms with Gasteiger partial charge in [-0.1, -0.05) is 0 Å². The molecule has 1 atom stereocenters. The maximum Gasteiger partial charge on any atom is 0.323 e. The predicted octanol–water partition coefficient (Wildman–Crippen LogP) is 1.15. The zero-order valence-corrected chi connectivity index (χ0v) is 13.4. The number of carboxylic acids is 1. The van der Waals surface area contributed by atoms with Crippen LogP contribution in [0.25, 0.3) is 0 Å². The monoisotopic (exact) mass is 337 g/mol. The Hall–Kier alpha value is -2.51. The van der Waals surface area contributed by atoms with Gasteiger partial charge >= 0.3 is 5.97 Å². The molecule has 2 heterocycles. The largest absolute Gasteiger partial charge is 0.480 e. The number of carboxylic acid groups (broad SMARTS) is 1. The number of hydrogen-bond acceptors (Lipinski definition) is 4. The lowest BCUT2D eigenvalue weighted by Gasteiger charge is -2.28. The maximum absolute atomic E-state index is 13.2. The summed E-state index contributed by atoms with van der Waals surface area (Å²) in [5.41, 5.74) is 0.183. The summed E-state index contributed by atoms with van der Waals surface area (Å²) < 4.78 is 13.2. The molecular weight excluding hydrogens is 317 g/mol. The molecule has 7 nitrogen and oxygen atoms in total. The minimum absolute atomic E-state index is 0.183. The molecule has 1 fully saturated rings. The van der Waals surface area contributed by atoms with Crippen LogP contribution in [0.4, 0.5) is 4.39 Å². The fraction of sp³-hybridized carbons (Fsp3) is 0.500. The van der Waals surface area contributed by atoms with E-state index in [2.05, 4.69) is 4.98 Å². The molecule has 8 heteroatoms. The van der Waals surface area contributed by atoms with E-state index in [1.165, 1.54) is 18.0 Å². The Morgan fingerprint density at radius 1 is 1.33 bits per heavy atom. The molecule has 0 aromatic carbocycles. The zero-order valence-electron chi connectivity index (χ0n) is 13.4. The Bertz CT molecular complexity index is 638. The lowest BCUT2D eigenvalue weighted by Crippen LogP contribution is -2.43. The second-order valence-corrected chi connectivity index (χ2v) is 5.81. The van der Waals surface area contributed by atoms with E-state index in [0.29, 0.717) is 32.4 Å². The number of likely N-dealkylation sites (tertiary alicyclic amines) is 1. The molecule has 1 aromatic rings. The average Bonchev–Trinajstić information content (AvgIpc) is 2.77. The van der Waals surface area contributed by atoms with E-state index in [0.717, 1.165) is 12.3 Å². The molecule has 1 aliphatic rings. The number of nitrogens with zero attached hydrogens (tertiary/aromatic N) is 3. The molecule has 0 radical (unpaired) electrons. The summed E-state index contributed by atoms with van der Waals surface area (Å²) in [7, 11) is 0. The van der Waals surface area contributed by atoms with Crippen LogP contribution in [0.15, 0.2) is 18.5 Å². The second-order valence-electron chi connectivity index (χ2n) is 5.81. The molecule has 130 valence electrons. The van der Waals surface area contributed by atoms with Gasteiger partial charge in [0, 0.05) is 32.3 Å². The lowest BCUT2D eigenvalue weighted by atomic mass is 10.1. The molecule has 2 amide bonds. The van der Waals surface area contributed by atoms with Crippen molar-refractivity contribution < 1.29 is 23.9 Å². The number of hydrogen-bond donors (Lipinski definition) is 1. The molecular formula is C16H20FN3O4. The van der Waals surface area contributed by atoms with E-state index in [1.807, 2.05) is 0 Å². The fourth-order valence-corrected chi connectivity index (χ4v) is 2.95. The lowest BCUT2D eigenvalue weighted by molar-refractivity contribution is -0.145. The second kappa shape index (κ2) is 7.85. The Labute approximate surface area is 139 Å². The van der Waals surface area contributed by atoms with Crippen molar-refractivity contribution in [1.29, 1.82) is 0 Å². The average molecular weight is 337 g/mol. The molecule has 0 aliphatic carbocycles. The molecule has 1 aromatic heterocycles. The Morgan fingerprint density at radius 3 is 2.71 bits per heavy atom. The SMILES string of the molecule is CC(=O)N(CC(=O)O)[C@@H]1CCCN(C(=O)c2cncc(F)c2)CC1. The summed E-state index contributed by atoms with van der Waals surface area (Å²) in [6, 6.07) is 0.923. The van der Waals surface area contributed by atoms with E-state index < -0.39 is 11.8 Å². The molecule has 1 N–H and O–H groups in total. The van der Waals surface area contributed by atoms with E-state index in [9.17, 15) is 18.8 Å². The minimum Gasteiger partial charge on any atom is -0.480 e. The quantitative estimate of drug-likeness (QED) is 0.890. The highest BCUT2D eigenvalue weighted by molar-refractivity contribution is 5.93. The van der Waals surface area contributed by atoms with Crippen LogP contribution in [0, 0.1) is 5.82 Å². The van der Waals surface area contributed by atoms with E-state index in [4.69, 9.17) is 5.11 Å². The van der Waals surface area contributed by atoms with Crippen LogP contribution >= 0.6 is 0 Å². The van der Waals surface area contributed by atoms with Gasteiger partial charge in [-0.3, -0.25) is 19.4 Å². The molecule has 0 bridgehead atoms. The van der Waals surface area contributed by atoms with Gasteiger partial charge in [0.2, 0.25) is 5.91 Å². The van der Waals surface area contributed by atoms with Crippen molar-refractivity contribution in [3.63, 3.8) is 0 Å². The van der Waals surface area contributed by atoms with Crippen LogP contribution in [-0.2, 0) is 9.59 Å². The van der Waals surface area contributed by atoms with Gasteiger partial charge < -0.3 is 14.9 Å². The van der Waals surface area contributed by atoms with Crippen LogP contribution in [-0.4, -0.2) is 63.4 Å². The van der Waals surface area contributed by atoms with Crippen LogP contribution in [0.5, 0.6) is 0 Å². The van der Waals surface area contributed by atoms with E-state index >= 15 is 0 Å². The first-order chi connectivity index (χ1) is 11.4. The predicted molar refractivity (Wildman–Crippen MR) is 82.8 cm³/mol. The first-order valence-electron chi connectivity index (χ1n) is 7.77. The van der Waals surface area contributed by atoms with Gasteiger partial charge in [0.25, 0.3) is 5.91 Å². The molecule has 1 saturated heterocycles. The normalized spacial score (nSPS) is 17.9. The summed E-state index contributed by atoms with van der Waals surface area (Å²) in [5.74, 6) is -2.24. The first-order valence-corrected chi connectivity index (χ1v) is 7.77. The summed E-state index contributed by atoms with van der Waals surface area (Å²) in [4.78, 5) is 41.7. The van der Waals surface area contributed by atoms with Crippen molar-refractivity contribution in [2.45, 2.75) is 32.2 Å². The Balaban J connectivity index is 2.05. The minimum atomic E-state index is -1.06. The number of aliphatic carboxylic acids is 1. The number of aromatic nitrogens is 1. The van der Waals surface area contributed by atoms with Gasteiger partial charge in [-0.25, -0.2) is 4.39 Å². The van der Waals surface area contributed by atoms with Crippen LogP contribution in [0.3, 0.4) is 0 Å². The topological polar surface area (TPSA) is 90.8 Å². The van der Waals surface area contributed by atoms with Crippen molar-refractivity contribution in [2.75, 3.05) is 19.6 Å². The Kier molecular flexibility index (Phi) is 5.83. The van der Waals surface area contributed by atoms with Gasteiger partial charge in [0.1, 0.15) is 12.4 Å². The van der Waals surface area contributed by atoms with Gasteiger partial charge in [-0.05, 0) is 25.3 Å². The number of carbonyl (C=O) groups excluding carboxylic acids is 2. The number of rotatable bonds is 4. The van der Waals surface area contributed by atoms with E-state index in [-0.39, 0.29) is 30.0 Å². The van der Waals surface area contributed by atoms with Gasteiger partial charge in [0.15, 0.2) is 0 Å². The third-order valence-electron chi connectivity index (χ3n) is 4.09. The van der Waals surface area contributed by atoms with Crippen LogP contribution < -0.4 is 0 Å². The highest BCUT2D eigenvalue weighted by atomic mass is 19.1. The molecule has 0 spiro atoms. The fourth-order valence-electron chi connectivity index (χ4n) is 2.95. The number of halogens is 1. The summed E-state index contributed by atoms with van der Waals surface area (Å²) in [5, 5.41) is 8.95. The first kappa shape index (κ1) is 17.8. The van der Waals surface area contributed by atoms with Crippen LogP contribution in [0.1, 0.15) is 36.5 Å². The van der Waals surface area contributed by atoms with Gasteiger partial charge in [-0.15, -0.1) is 0 Å². The third kappa shape index (κ3) is 4.50.